The second-order valence-electron chi connectivity index (χ2n) is 4.95. The van der Waals surface area contributed by atoms with Gasteiger partial charge in [-0.25, -0.2) is 8.42 Å². The van der Waals surface area contributed by atoms with Crippen LogP contribution in [0.2, 0.25) is 10.0 Å². The second-order valence-corrected chi connectivity index (χ2v) is 7.47. The SMILES string of the molecule is Cc1[nH]c(C(=O)Nc2ccc(S(=O)(=O)NCC(=O)O)cc2)c(Cl)c1Cl. The fourth-order valence-electron chi connectivity index (χ4n) is 1.88. The van der Waals surface area contributed by atoms with Crippen molar-refractivity contribution in [3.8, 4) is 0 Å². The van der Waals surface area contributed by atoms with Gasteiger partial charge in [0.25, 0.3) is 5.91 Å². The van der Waals surface area contributed by atoms with Gasteiger partial charge in [-0.15, -0.1) is 0 Å². The average molecular weight is 406 g/mol. The quantitative estimate of drug-likeness (QED) is 0.585. The first-order chi connectivity index (χ1) is 11.6. The number of aliphatic carboxylic acids is 1. The third-order valence-corrected chi connectivity index (χ3v) is 5.48. The van der Waals surface area contributed by atoms with Gasteiger partial charge < -0.3 is 15.4 Å². The van der Waals surface area contributed by atoms with Gasteiger partial charge in [-0.1, -0.05) is 23.2 Å². The van der Waals surface area contributed by atoms with Crippen LogP contribution in [0, 0.1) is 6.92 Å². The van der Waals surface area contributed by atoms with Crippen molar-refractivity contribution in [1.29, 1.82) is 0 Å². The minimum Gasteiger partial charge on any atom is -0.480 e. The van der Waals surface area contributed by atoms with E-state index >= 15 is 0 Å². The third-order valence-electron chi connectivity index (χ3n) is 3.12. The van der Waals surface area contributed by atoms with Gasteiger partial charge in [0.1, 0.15) is 12.2 Å². The molecule has 134 valence electrons. The van der Waals surface area contributed by atoms with Crippen LogP contribution in [-0.2, 0) is 14.8 Å². The summed E-state index contributed by atoms with van der Waals surface area (Å²) in [6, 6.07) is 5.18. The van der Waals surface area contributed by atoms with E-state index < -0.39 is 28.4 Å². The van der Waals surface area contributed by atoms with Crippen LogP contribution in [0.1, 0.15) is 16.2 Å². The summed E-state index contributed by atoms with van der Waals surface area (Å²) in [5.41, 5.74) is 0.952. The first kappa shape index (κ1) is 19.3. The molecule has 0 bridgehead atoms. The summed E-state index contributed by atoms with van der Waals surface area (Å²) >= 11 is 11.9. The van der Waals surface area contributed by atoms with E-state index in [9.17, 15) is 18.0 Å². The van der Waals surface area contributed by atoms with E-state index in [2.05, 4.69) is 10.3 Å². The number of sulfonamides is 1. The zero-order chi connectivity index (χ0) is 18.8. The minimum absolute atomic E-state index is 0.0870. The fourth-order valence-corrected chi connectivity index (χ4v) is 3.27. The number of aromatic nitrogens is 1. The van der Waals surface area contributed by atoms with Crippen LogP contribution in [-0.4, -0.2) is 36.9 Å². The first-order valence-corrected chi connectivity index (χ1v) is 9.02. The summed E-state index contributed by atoms with van der Waals surface area (Å²) in [5, 5.41) is 11.4. The predicted molar refractivity (Wildman–Crippen MR) is 92.8 cm³/mol. The highest BCUT2D eigenvalue weighted by Crippen LogP contribution is 2.29. The maximum Gasteiger partial charge on any atom is 0.318 e. The molecule has 4 N–H and O–H groups in total. The largest absolute Gasteiger partial charge is 0.480 e. The topological polar surface area (TPSA) is 128 Å². The molecule has 1 aromatic heterocycles. The molecule has 0 fully saturated rings. The van der Waals surface area contributed by atoms with E-state index in [1.165, 1.54) is 24.3 Å². The number of hydrogen-bond acceptors (Lipinski definition) is 4. The lowest BCUT2D eigenvalue weighted by atomic mass is 10.3. The van der Waals surface area contributed by atoms with Crippen LogP contribution >= 0.6 is 23.2 Å². The summed E-state index contributed by atoms with van der Waals surface area (Å²) in [4.78, 5) is 25.2. The first-order valence-electron chi connectivity index (χ1n) is 6.78. The van der Waals surface area contributed by atoms with Crippen LogP contribution in [0.3, 0.4) is 0 Å². The molecular weight excluding hydrogens is 393 g/mol. The average Bonchev–Trinajstić information content (AvgIpc) is 2.81. The number of H-pyrrole nitrogens is 1. The van der Waals surface area contributed by atoms with Crippen molar-refractivity contribution in [2.75, 3.05) is 11.9 Å². The number of nitrogens with one attached hydrogen (secondary N) is 3. The zero-order valence-corrected chi connectivity index (χ0v) is 15.1. The Labute approximate surface area is 153 Å². The summed E-state index contributed by atoms with van der Waals surface area (Å²) in [7, 11) is -3.95. The molecule has 1 heterocycles. The number of carboxylic acid groups (broad SMARTS) is 1. The lowest BCUT2D eigenvalue weighted by Crippen LogP contribution is -2.29. The molecule has 0 saturated heterocycles. The Bertz CT molecular complexity index is 923. The monoisotopic (exact) mass is 405 g/mol. The van der Waals surface area contributed by atoms with Gasteiger partial charge >= 0.3 is 5.97 Å². The standard InChI is InChI=1S/C14H13Cl2N3O5S/c1-7-11(15)12(16)13(18-7)14(22)19-8-2-4-9(5-3-8)25(23,24)17-6-10(20)21/h2-5,17-18H,6H2,1H3,(H,19,22)(H,20,21). The molecule has 0 atom stereocenters. The van der Waals surface area contributed by atoms with Gasteiger partial charge in [0, 0.05) is 11.4 Å². The summed E-state index contributed by atoms with van der Waals surface area (Å²) < 4.78 is 25.7. The highest BCUT2D eigenvalue weighted by molar-refractivity contribution is 7.89. The van der Waals surface area contributed by atoms with E-state index in [4.69, 9.17) is 28.3 Å². The number of aromatic amines is 1. The lowest BCUT2D eigenvalue weighted by molar-refractivity contribution is -0.135. The van der Waals surface area contributed by atoms with Crippen LogP contribution in [0.5, 0.6) is 0 Å². The Hall–Kier alpha value is -2.07. The molecule has 2 aromatic rings. The van der Waals surface area contributed by atoms with Gasteiger partial charge in [0.15, 0.2) is 0 Å². The fraction of sp³-hybridized carbons (Fsp3) is 0.143. The molecule has 0 aliphatic rings. The van der Waals surface area contributed by atoms with Gasteiger partial charge in [0.2, 0.25) is 10.0 Å². The summed E-state index contributed by atoms with van der Waals surface area (Å²) in [6.07, 6.45) is 0. The number of rotatable bonds is 6. The molecule has 0 aliphatic heterocycles. The maximum atomic E-state index is 12.2. The van der Waals surface area contributed by atoms with Crippen LogP contribution in [0.15, 0.2) is 29.2 Å². The molecule has 0 unspecified atom stereocenters. The molecule has 0 aliphatic carbocycles. The molecular formula is C14H13Cl2N3O5S. The number of carbonyl (C=O) groups is 2. The second kappa shape index (κ2) is 7.44. The number of hydrogen-bond donors (Lipinski definition) is 4. The number of halogens is 2. The Kier molecular flexibility index (Phi) is 5.73. The van der Waals surface area contributed by atoms with E-state index in [0.29, 0.717) is 11.4 Å². The highest BCUT2D eigenvalue weighted by Gasteiger charge is 2.19. The maximum absolute atomic E-state index is 12.2. The van der Waals surface area contributed by atoms with Gasteiger partial charge in [0.05, 0.1) is 14.9 Å². The molecule has 0 spiro atoms. The third kappa shape index (κ3) is 4.51. The van der Waals surface area contributed by atoms with Crippen LogP contribution in [0.25, 0.3) is 0 Å². The smallest absolute Gasteiger partial charge is 0.318 e. The van der Waals surface area contributed by atoms with Crippen molar-refractivity contribution in [2.45, 2.75) is 11.8 Å². The van der Waals surface area contributed by atoms with Crippen molar-refractivity contribution in [3.63, 3.8) is 0 Å². The Morgan fingerprint density at radius 2 is 1.76 bits per heavy atom. The highest BCUT2D eigenvalue weighted by atomic mass is 35.5. The normalized spacial score (nSPS) is 11.3. The summed E-state index contributed by atoms with van der Waals surface area (Å²) in [5.74, 6) is -1.84. The van der Waals surface area contributed by atoms with Crippen molar-refractivity contribution >= 4 is 50.8 Å². The molecule has 0 saturated carbocycles. The van der Waals surface area contributed by atoms with Crippen molar-refractivity contribution in [2.24, 2.45) is 0 Å². The van der Waals surface area contributed by atoms with Crippen LogP contribution < -0.4 is 10.0 Å². The van der Waals surface area contributed by atoms with Gasteiger partial charge in [-0.05, 0) is 31.2 Å². The molecule has 11 heteroatoms. The number of aryl methyl sites for hydroxylation is 1. The lowest BCUT2D eigenvalue weighted by Gasteiger charge is -2.07. The van der Waals surface area contributed by atoms with Crippen molar-refractivity contribution in [3.05, 3.63) is 45.7 Å². The molecule has 2 rings (SSSR count). The van der Waals surface area contributed by atoms with E-state index in [-0.39, 0.29) is 20.6 Å². The molecule has 1 aromatic carbocycles. The van der Waals surface area contributed by atoms with Crippen molar-refractivity contribution < 1.29 is 23.1 Å². The number of amides is 1. The van der Waals surface area contributed by atoms with E-state index in [0.717, 1.165) is 0 Å². The van der Waals surface area contributed by atoms with Gasteiger partial charge in [-0.2, -0.15) is 4.72 Å². The summed E-state index contributed by atoms with van der Waals surface area (Å²) in [6.45, 7) is 0.932. The molecule has 0 radical (unpaired) electrons. The zero-order valence-electron chi connectivity index (χ0n) is 12.8. The molecule has 25 heavy (non-hydrogen) atoms. The Balaban J connectivity index is 2.13. The molecule has 1 amide bonds. The van der Waals surface area contributed by atoms with Gasteiger partial charge in [-0.3, -0.25) is 9.59 Å². The van der Waals surface area contributed by atoms with Crippen molar-refractivity contribution in [1.82, 2.24) is 9.71 Å². The number of anilines is 1. The van der Waals surface area contributed by atoms with Crippen LogP contribution in [0.4, 0.5) is 5.69 Å². The Morgan fingerprint density at radius 3 is 2.24 bits per heavy atom. The Morgan fingerprint density at radius 1 is 1.16 bits per heavy atom. The number of carboxylic acids is 1. The number of benzene rings is 1. The number of carbonyl (C=O) groups excluding carboxylic acids is 1. The van der Waals surface area contributed by atoms with E-state index in [1.54, 1.807) is 6.92 Å². The minimum atomic E-state index is -3.95. The van der Waals surface area contributed by atoms with E-state index in [1.807, 2.05) is 4.72 Å². The predicted octanol–water partition coefficient (Wildman–Crippen LogP) is 2.25. The molecule has 8 nitrogen and oxygen atoms in total.